The summed E-state index contributed by atoms with van der Waals surface area (Å²) in [5.74, 6) is 0.825. The molecule has 0 bridgehead atoms. The molecule has 0 heterocycles. The zero-order chi connectivity index (χ0) is 12.3. The summed E-state index contributed by atoms with van der Waals surface area (Å²) in [4.78, 5) is 0. The molecule has 17 heavy (non-hydrogen) atoms. The molecule has 0 aliphatic rings. The molecule has 1 N–H and O–H groups in total. The van der Waals surface area contributed by atoms with Crippen LogP contribution in [0.2, 0.25) is 0 Å². The lowest BCUT2D eigenvalue weighted by Gasteiger charge is -2.10. The fourth-order valence-electron chi connectivity index (χ4n) is 1.81. The van der Waals surface area contributed by atoms with Gasteiger partial charge in [-0.25, -0.2) is 0 Å². The highest BCUT2D eigenvalue weighted by Gasteiger charge is 2.06. The van der Waals surface area contributed by atoms with Crippen LogP contribution >= 0.6 is 0 Å². The molecule has 0 unspecified atom stereocenters. The molecular weight excluding hydrogens is 212 g/mol. The first kappa shape index (κ1) is 11.7. The van der Waals surface area contributed by atoms with Crippen LogP contribution in [0.25, 0.3) is 11.1 Å². The molecule has 0 aliphatic heterocycles. The van der Waals surface area contributed by atoms with Gasteiger partial charge in [0.15, 0.2) is 0 Å². The van der Waals surface area contributed by atoms with E-state index in [1.54, 1.807) is 7.11 Å². The van der Waals surface area contributed by atoms with Crippen LogP contribution in [-0.2, 0) is 6.61 Å². The minimum Gasteiger partial charge on any atom is -0.496 e. The Kier molecular flexibility index (Phi) is 3.45. The lowest BCUT2D eigenvalue weighted by molar-refractivity contribution is 0.281. The van der Waals surface area contributed by atoms with Crippen molar-refractivity contribution < 1.29 is 9.84 Å². The highest BCUT2D eigenvalue weighted by atomic mass is 16.5. The van der Waals surface area contributed by atoms with Crippen molar-refractivity contribution in [3.8, 4) is 16.9 Å². The topological polar surface area (TPSA) is 29.5 Å². The maximum Gasteiger partial charge on any atom is 0.126 e. The average molecular weight is 228 g/mol. The zero-order valence-electron chi connectivity index (χ0n) is 10.1. The van der Waals surface area contributed by atoms with Crippen molar-refractivity contribution >= 4 is 0 Å². The molecule has 0 aliphatic carbocycles. The van der Waals surface area contributed by atoms with Crippen LogP contribution in [0.4, 0.5) is 0 Å². The van der Waals surface area contributed by atoms with E-state index in [1.807, 2.05) is 18.2 Å². The maximum absolute atomic E-state index is 9.18. The van der Waals surface area contributed by atoms with Gasteiger partial charge < -0.3 is 9.84 Å². The fourth-order valence-corrected chi connectivity index (χ4v) is 1.81. The zero-order valence-corrected chi connectivity index (χ0v) is 10.1. The molecule has 0 atom stereocenters. The quantitative estimate of drug-likeness (QED) is 0.874. The molecule has 88 valence electrons. The van der Waals surface area contributed by atoms with Gasteiger partial charge in [0.05, 0.1) is 13.7 Å². The van der Waals surface area contributed by atoms with Gasteiger partial charge in [0.2, 0.25) is 0 Å². The number of hydrogen-bond acceptors (Lipinski definition) is 2. The van der Waals surface area contributed by atoms with Crippen LogP contribution in [0.5, 0.6) is 5.75 Å². The second kappa shape index (κ2) is 5.02. The van der Waals surface area contributed by atoms with Crippen LogP contribution in [-0.4, -0.2) is 12.2 Å². The van der Waals surface area contributed by atoms with Gasteiger partial charge >= 0.3 is 0 Å². The normalized spacial score (nSPS) is 10.3. The van der Waals surface area contributed by atoms with Crippen molar-refractivity contribution in [2.45, 2.75) is 13.5 Å². The number of benzene rings is 2. The van der Waals surface area contributed by atoms with Crippen molar-refractivity contribution in [1.29, 1.82) is 0 Å². The van der Waals surface area contributed by atoms with E-state index in [0.717, 1.165) is 22.4 Å². The predicted octanol–water partition coefficient (Wildman–Crippen LogP) is 3.16. The van der Waals surface area contributed by atoms with Gasteiger partial charge in [-0.2, -0.15) is 0 Å². The summed E-state index contributed by atoms with van der Waals surface area (Å²) in [7, 11) is 1.66. The third kappa shape index (κ3) is 2.48. The number of hydrogen-bond donors (Lipinski definition) is 1. The Morgan fingerprint density at radius 2 is 1.76 bits per heavy atom. The minimum absolute atomic E-state index is 0.0445. The summed E-state index contributed by atoms with van der Waals surface area (Å²) in [6.45, 7) is 2.11. The summed E-state index contributed by atoms with van der Waals surface area (Å²) in [5.41, 5.74) is 4.23. The van der Waals surface area contributed by atoms with Crippen molar-refractivity contribution in [1.82, 2.24) is 0 Å². The highest BCUT2D eigenvalue weighted by molar-refractivity contribution is 5.71. The van der Waals surface area contributed by atoms with Crippen LogP contribution < -0.4 is 4.74 Å². The number of methoxy groups -OCH3 is 1. The molecule has 0 fully saturated rings. The van der Waals surface area contributed by atoms with E-state index in [2.05, 4.69) is 31.2 Å². The first-order chi connectivity index (χ1) is 8.24. The van der Waals surface area contributed by atoms with Crippen LogP contribution in [0, 0.1) is 6.92 Å². The van der Waals surface area contributed by atoms with Crippen molar-refractivity contribution in [3.05, 3.63) is 53.6 Å². The van der Waals surface area contributed by atoms with Gasteiger partial charge in [-0.1, -0.05) is 35.9 Å². The van der Waals surface area contributed by atoms with Crippen molar-refractivity contribution in [2.75, 3.05) is 7.11 Å². The Hall–Kier alpha value is -1.80. The number of aryl methyl sites for hydroxylation is 1. The van der Waals surface area contributed by atoms with Gasteiger partial charge in [0, 0.05) is 5.56 Å². The molecular formula is C15H16O2. The minimum atomic E-state index is 0.0445. The van der Waals surface area contributed by atoms with Gasteiger partial charge in [0.25, 0.3) is 0 Å². The molecule has 0 spiro atoms. The van der Waals surface area contributed by atoms with Crippen LogP contribution in [0.3, 0.4) is 0 Å². The average Bonchev–Trinajstić information content (AvgIpc) is 2.39. The second-order valence-corrected chi connectivity index (χ2v) is 4.06. The van der Waals surface area contributed by atoms with E-state index in [0.29, 0.717) is 0 Å². The summed E-state index contributed by atoms with van der Waals surface area (Å²) >= 11 is 0. The molecule has 0 radical (unpaired) electrons. The Bertz CT molecular complexity index is 501. The van der Waals surface area contributed by atoms with Crippen molar-refractivity contribution in [3.63, 3.8) is 0 Å². The van der Waals surface area contributed by atoms with E-state index in [9.17, 15) is 5.11 Å². The summed E-state index contributed by atoms with van der Waals surface area (Å²) < 4.78 is 5.35. The Morgan fingerprint density at radius 3 is 2.35 bits per heavy atom. The first-order valence-corrected chi connectivity index (χ1v) is 5.59. The standard InChI is InChI=1S/C15H16O2/c1-11-3-6-13(7-4-11)14-9-12(10-16)5-8-15(14)17-2/h3-9,16H,10H2,1-2H3. The van der Waals surface area contributed by atoms with Gasteiger partial charge in [-0.3, -0.25) is 0 Å². The lowest BCUT2D eigenvalue weighted by Crippen LogP contribution is -1.91. The molecule has 0 amide bonds. The van der Waals surface area contributed by atoms with Crippen molar-refractivity contribution in [2.24, 2.45) is 0 Å². The van der Waals surface area contributed by atoms with Crippen LogP contribution in [0.15, 0.2) is 42.5 Å². The van der Waals surface area contributed by atoms with E-state index >= 15 is 0 Å². The number of aliphatic hydroxyl groups is 1. The maximum atomic E-state index is 9.18. The third-order valence-electron chi connectivity index (χ3n) is 2.81. The van der Waals surface area contributed by atoms with Gasteiger partial charge in [0.1, 0.15) is 5.75 Å². The molecule has 2 aromatic rings. The SMILES string of the molecule is COc1ccc(CO)cc1-c1ccc(C)cc1. The summed E-state index contributed by atoms with van der Waals surface area (Å²) in [6, 6.07) is 14.0. The van der Waals surface area contributed by atoms with E-state index in [4.69, 9.17) is 4.74 Å². The van der Waals surface area contributed by atoms with Gasteiger partial charge in [-0.15, -0.1) is 0 Å². The molecule has 0 aromatic heterocycles. The molecule has 2 nitrogen and oxygen atoms in total. The Balaban J connectivity index is 2.51. The van der Waals surface area contributed by atoms with Crippen LogP contribution in [0.1, 0.15) is 11.1 Å². The van der Waals surface area contributed by atoms with E-state index < -0.39 is 0 Å². The van der Waals surface area contributed by atoms with E-state index in [-0.39, 0.29) is 6.61 Å². The molecule has 2 heteroatoms. The largest absolute Gasteiger partial charge is 0.496 e. The third-order valence-corrected chi connectivity index (χ3v) is 2.81. The lowest BCUT2D eigenvalue weighted by atomic mass is 10.0. The monoisotopic (exact) mass is 228 g/mol. The fraction of sp³-hybridized carbons (Fsp3) is 0.200. The second-order valence-electron chi connectivity index (χ2n) is 4.06. The Morgan fingerprint density at radius 1 is 1.06 bits per heavy atom. The molecule has 0 saturated heterocycles. The highest BCUT2D eigenvalue weighted by Crippen LogP contribution is 2.31. The number of aliphatic hydroxyl groups excluding tert-OH is 1. The summed E-state index contributed by atoms with van der Waals surface area (Å²) in [5, 5.41) is 9.18. The van der Waals surface area contributed by atoms with Gasteiger partial charge in [-0.05, 0) is 30.2 Å². The Labute approximate surface area is 101 Å². The smallest absolute Gasteiger partial charge is 0.126 e. The molecule has 2 rings (SSSR count). The van der Waals surface area contributed by atoms with E-state index in [1.165, 1.54) is 5.56 Å². The summed E-state index contributed by atoms with van der Waals surface area (Å²) in [6.07, 6.45) is 0. The number of rotatable bonds is 3. The predicted molar refractivity (Wildman–Crippen MR) is 69.1 cm³/mol. The molecule has 2 aromatic carbocycles. The molecule has 0 saturated carbocycles. The first-order valence-electron chi connectivity index (χ1n) is 5.59. The number of ether oxygens (including phenoxy) is 1.